The summed E-state index contributed by atoms with van der Waals surface area (Å²) in [4.78, 5) is 28.9. The summed E-state index contributed by atoms with van der Waals surface area (Å²) in [7, 11) is 0. The van der Waals surface area contributed by atoms with E-state index in [1.54, 1.807) is 42.5 Å². The van der Waals surface area contributed by atoms with Crippen molar-refractivity contribution in [1.29, 1.82) is 0 Å². The van der Waals surface area contributed by atoms with Crippen molar-refractivity contribution in [2.75, 3.05) is 0 Å². The summed E-state index contributed by atoms with van der Waals surface area (Å²) in [6.45, 7) is 3.74. The minimum absolute atomic E-state index is 0.291. The molecule has 0 aliphatic rings. The fourth-order valence-electron chi connectivity index (χ4n) is 2.53. The molecule has 1 heterocycles. The number of nitrogens with zero attached hydrogens (tertiary/aromatic N) is 2. The highest BCUT2D eigenvalue weighted by Crippen LogP contribution is 2.32. The van der Waals surface area contributed by atoms with Crippen molar-refractivity contribution in [2.45, 2.75) is 13.8 Å². The van der Waals surface area contributed by atoms with Gasteiger partial charge in [-0.05, 0) is 66.2 Å². The van der Waals surface area contributed by atoms with Crippen molar-refractivity contribution >= 4 is 50.0 Å². The fraction of sp³-hybridized carbons (Fsp3) is 0.0909. The number of rotatable bonds is 5. The molecule has 3 aromatic rings. The van der Waals surface area contributed by atoms with Gasteiger partial charge in [-0.2, -0.15) is 5.10 Å². The van der Waals surface area contributed by atoms with Crippen LogP contribution in [0.25, 0.3) is 0 Å². The van der Waals surface area contributed by atoms with Crippen molar-refractivity contribution in [1.82, 2.24) is 10.4 Å². The molecular formula is C22H17Br2N3O3. The predicted octanol–water partition coefficient (Wildman–Crippen LogP) is 5.21. The van der Waals surface area contributed by atoms with Crippen LogP contribution in [0.5, 0.6) is 5.75 Å². The number of hydrazone groups is 1. The van der Waals surface area contributed by atoms with Gasteiger partial charge < -0.3 is 4.74 Å². The molecule has 1 aromatic heterocycles. The van der Waals surface area contributed by atoms with Crippen LogP contribution in [0.2, 0.25) is 0 Å². The lowest BCUT2D eigenvalue weighted by molar-refractivity contribution is 0.0732. The summed E-state index contributed by atoms with van der Waals surface area (Å²) in [5.41, 5.74) is 5.54. The van der Waals surface area contributed by atoms with Crippen molar-refractivity contribution in [2.24, 2.45) is 5.10 Å². The summed E-state index contributed by atoms with van der Waals surface area (Å²) in [6.07, 6.45) is 2.89. The maximum Gasteiger partial charge on any atom is 0.343 e. The Morgan fingerprint density at radius 2 is 1.87 bits per heavy atom. The summed E-state index contributed by atoms with van der Waals surface area (Å²) in [5.74, 6) is -0.600. The zero-order valence-corrected chi connectivity index (χ0v) is 19.3. The number of hydrogen-bond acceptors (Lipinski definition) is 5. The Bertz CT molecular complexity index is 1130. The molecule has 30 heavy (non-hydrogen) atoms. The Hall–Kier alpha value is -2.84. The standard InChI is InChI=1S/C22H17Br2N3O3/c1-13-4-3-5-15(8-13)22(29)30-20-17(9-18(23)10-19(20)24)12-26-27-21(28)16-7-6-14(2)25-11-16/h3-12H,1-2H3,(H,27,28). The molecule has 1 N–H and O–H groups in total. The Kier molecular flexibility index (Phi) is 7.12. The van der Waals surface area contributed by atoms with Crippen molar-refractivity contribution < 1.29 is 14.3 Å². The first-order valence-corrected chi connectivity index (χ1v) is 10.5. The maximum absolute atomic E-state index is 12.6. The summed E-state index contributed by atoms with van der Waals surface area (Å²) in [6, 6.07) is 14.0. The fourth-order valence-corrected chi connectivity index (χ4v) is 3.87. The van der Waals surface area contributed by atoms with Crippen LogP contribution in [0.4, 0.5) is 0 Å². The van der Waals surface area contributed by atoms with E-state index in [2.05, 4.69) is 47.4 Å². The molecule has 0 aliphatic carbocycles. The highest BCUT2D eigenvalue weighted by atomic mass is 79.9. The number of nitrogens with one attached hydrogen (secondary N) is 1. The maximum atomic E-state index is 12.6. The number of aryl methyl sites for hydroxylation is 2. The lowest BCUT2D eigenvalue weighted by Crippen LogP contribution is -2.18. The van der Waals surface area contributed by atoms with Crippen molar-refractivity contribution in [3.05, 3.63) is 91.6 Å². The summed E-state index contributed by atoms with van der Waals surface area (Å²) >= 11 is 6.82. The van der Waals surface area contributed by atoms with Crippen LogP contribution in [0.1, 0.15) is 37.5 Å². The Morgan fingerprint density at radius 1 is 1.07 bits per heavy atom. The quantitative estimate of drug-likeness (QED) is 0.212. The van der Waals surface area contributed by atoms with E-state index in [-0.39, 0.29) is 0 Å². The molecule has 6 nitrogen and oxygen atoms in total. The number of pyridine rings is 1. The predicted molar refractivity (Wildman–Crippen MR) is 122 cm³/mol. The zero-order chi connectivity index (χ0) is 21.7. The van der Waals surface area contributed by atoms with Gasteiger partial charge in [0.2, 0.25) is 0 Å². The van der Waals surface area contributed by atoms with Gasteiger partial charge >= 0.3 is 5.97 Å². The van der Waals surface area contributed by atoms with Gasteiger partial charge in [-0.25, -0.2) is 10.2 Å². The van der Waals surface area contributed by atoms with E-state index in [1.165, 1.54) is 12.4 Å². The molecule has 0 unspecified atom stereocenters. The Labute approximate surface area is 190 Å². The van der Waals surface area contributed by atoms with E-state index in [9.17, 15) is 9.59 Å². The van der Waals surface area contributed by atoms with Gasteiger partial charge in [0, 0.05) is 21.9 Å². The van der Waals surface area contributed by atoms with Gasteiger partial charge in [0.25, 0.3) is 5.91 Å². The molecule has 0 saturated carbocycles. The average Bonchev–Trinajstić information content (AvgIpc) is 2.70. The second-order valence-corrected chi connectivity index (χ2v) is 8.22. The van der Waals surface area contributed by atoms with E-state index < -0.39 is 11.9 Å². The SMILES string of the molecule is Cc1cccc(C(=O)Oc2c(Br)cc(Br)cc2C=NNC(=O)c2ccc(C)nc2)c1. The molecular weight excluding hydrogens is 514 g/mol. The van der Waals surface area contributed by atoms with Crippen LogP contribution >= 0.6 is 31.9 Å². The van der Waals surface area contributed by atoms with E-state index in [0.29, 0.717) is 26.9 Å². The number of benzene rings is 2. The minimum Gasteiger partial charge on any atom is -0.421 e. The van der Waals surface area contributed by atoms with Gasteiger partial charge in [-0.15, -0.1) is 0 Å². The van der Waals surface area contributed by atoms with Gasteiger partial charge in [0.15, 0.2) is 5.75 Å². The number of carbonyl (C=O) groups is 2. The number of amides is 1. The highest BCUT2D eigenvalue weighted by Gasteiger charge is 2.15. The molecule has 0 aliphatic heterocycles. The van der Waals surface area contributed by atoms with E-state index in [4.69, 9.17) is 4.74 Å². The normalized spacial score (nSPS) is 10.8. The van der Waals surface area contributed by atoms with Crippen molar-refractivity contribution in [3.63, 3.8) is 0 Å². The van der Waals surface area contributed by atoms with E-state index in [0.717, 1.165) is 15.7 Å². The van der Waals surface area contributed by atoms with Crippen LogP contribution in [0.15, 0.2) is 68.8 Å². The molecule has 0 bridgehead atoms. The molecule has 1 amide bonds. The molecule has 152 valence electrons. The van der Waals surface area contributed by atoms with Crippen LogP contribution in [0, 0.1) is 13.8 Å². The Morgan fingerprint density at radius 3 is 2.57 bits per heavy atom. The summed E-state index contributed by atoms with van der Waals surface area (Å²) < 4.78 is 6.92. The Balaban J connectivity index is 1.80. The molecule has 0 saturated heterocycles. The van der Waals surface area contributed by atoms with E-state index in [1.807, 2.05) is 19.9 Å². The third kappa shape index (κ3) is 5.61. The lowest BCUT2D eigenvalue weighted by atomic mass is 10.1. The van der Waals surface area contributed by atoms with Crippen LogP contribution in [-0.2, 0) is 0 Å². The topological polar surface area (TPSA) is 80.6 Å². The smallest absolute Gasteiger partial charge is 0.343 e. The number of halogens is 2. The number of carbonyl (C=O) groups excluding carboxylic acids is 2. The van der Waals surface area contributed by atoms with E-state index >= 15 is 0 Å². The molecule has 0 spiro atoms. The number of hydrogen-bond donors (Lipinski definition) is 1. The average molecular weight is 531 g/mol. The lowest BCUT2D eigenvalue weighted by Gasteiger charge is -2.11. The first-order valence-electron chi connectivity index (χ1n) is 8.87. The third-order valence-electron chi connectivity index (χ3n) is 4.03. The van der Waals surface area contributed by atoms with Gasteiger partial charge in [-0.3, -0.25) is 9.78 Å². The molecule has 0 radical (unpaired) electrons. The third-order valence-corrected chi connectivity index (χ3v) is 5.08. The number of ether oxygens (including phenoxy) is 1. The number of aromatic nitrogens is 1. The zero-order valence-electron chi connectivity index (χ0n) is 16.1. The van der Waals surface area contributed by atoms with Crippen molar-refractivity contribution in [3.8, 4) is 5.75 Å². The monoisotopic (exact) mass is 529 g/mol. The number of esters is 1. The van der Waals surface area contributed by atoms with Crippen LogP contribution < -0.4 is 10.2 Å². The second-order valence-electron chi connectivity index (χ2n) is 6.45. The summed E-state index contributed by atoms with van der Waals surface area (Å²) in [5, 5.41) is 3.99. The molecule has 2 aromatic carbocycles. The van der Waals surface area contributed by atoms with Gasteiger partial charge in [0.05, 0.1) is 21.8 Å². The first-order chi connectivity index (χ1) is 14.3. The van der Waals surface area contributed by atoms with Crippen LogP contribution in [0.3, 0.4) is 0 Å². The van der Waals surface area contributed by atoms with Gasteiger partial charge in [0.1, 0.15) is 0 Å². The first kappa shape index (κ1) is 21.9. The molecule has 0 atom stereocenters. The molecule has 0 fully saturated rings. The van der Waals surface area contributed by atoms with Gasteiger partial charge in [-0.1, -0.05) is 33.6 Å². The minimum atomic E-state index is -0.494. The second kappa shape index (κ2) is 9.77. The van der Waals surface area contributed by atoms with Crippen LogP contribution in [-0.4, -0.2) is 23.1 Å². The molecule has 8 heteroatoms. The highest BCUT2D eigenvalue weighted by molar-refractivity contribution is 9.11. The molecule has 3 rings (SSSR count). The largest absolute Gasteiger partial charge is 0.421 e.